The maximum Gasteiger partial charge on any atom is 0.0818 e. The average Bonchev–Trinajstić information content (AvgIpc) is 2.85. The summed E-state index contributed by atoms with van der Waals surface area (Å²) in [6.07, 6.45) is 2.80. The van der Waals surface area contributed by atoms with Crippen LogP contribution in [-0.4, -0.2) is 9.97 Å². The van der Waals surface area contributed by atoms with Crippen molar-refractivity contribution in [3.05, 3.63) is 47.7 Å². The Labute approximate surface area is 104 Å². The van der Waals surface area contributed by atoms with E-state index in [0.29, 0.717) is 0 Å². The number of nitrogens with zero attached hydrogens (tertiary/aromatic N) is 2. The molecule has 0 bridgehead atoms. The molecular weight excluding hydrogens is 228 g/mol. The molecule has 0 amide bonds. The molecule has 0 fully saturated rings. The van der Waals surface area contributed by atoms with Crippen molar-refractivity contribution in [1.82, 2.24) is 9.97 Å². The molecule has 17 heavy (non-hydrogen) atoms. The summed E-state index contributed by atoms with van der Waals surface area (Å²) in [6.45, 7) is 2.13. The van der Waals surface area contributed by atoms with Gasteiger partial charge in [0.05, 0.1) is 15.7 Å². The Balaban J connectivity index is 2.19. The van der Waals surface area contributed by atoms with E-state index in [0.717, 1.165) is 17.6 Å². The second-order valence-electron chi connectivity index (χ2n) is 3.89. The standard InChI is InChI=1S/C14H12N2S/c1-2-12-11(4-3-7-15-12)10-5-6-14-13(8-10)16-9-17-14/h3-9H,2H2,1H3. The summed E-state index contributed by atoms with van der Waals surface area (Å²) in [7, 11) is 0. The van der Waals surface area contributed by atoms with Gasteiger partial charge in [-0.15, -0.1) is 11.3 Å². The Morgan fingerprint density at radius 3 is 3.00 bits per heavy atom. The van der Waals surface area contributed by atoms with Crippen molar-refractivity contribution in [2.45, 2.75) is 13.3 Å². The van der Waals surface area contributed by atoms with E-state index in [2.05, 4.69) is 41.2 Å². The molecule has 0 unspecified atom stereocenters. The van der Waals surface area contributed by atoms with E-state index in [1.807, 2.05) is 17.8 Å². The molecule has 0 saturated carbocycles. The van der Waals surface area contributed by atoms with Crippen LogP contribution in [-0.2, 0) is 6.42 Å². The lowest BCUT2D eigenvalue weighted by atomic mass is 10.0. The van der Waals surface area contributed by atoms with Crippen molar-refractivity contribution >= 4 is 21.6 Å². The monoisotopic (exact) mass is 240 g/mol. The quantitative estimate of drug-likeness (QED) is 0.678. The number of hydrogen-bond donors (Lipinski definition) is 0. The molecule has 3 heteroatoms. The number of thiazole rings is 1. The highest BCUT2D eigenvalue weighted by molar-refractivity contribution is 7.16. The van der Waals surface area contributed by atoms with E-state index in [1.165, 1.54) is 15.8 Å². The van der Waals surface area contributed by atoms with Gasteiger partial charge in [0.25, 0.3) is 0 Å². The van der Waals surface area contributed by atoms with Gasteiger partial charge >= 0.3 is 0 Å². The summed E-state index contributed by atoms with van der Waals surface area (Å²) in [4.78, 5) is 8.78. The number of hydrogen-bond acceptors (Lipinski definition) is 3. The lowest BCUT2D eigenvalue weighted by molar-refractivity contribution is 1.04. The Morgan fingerprint density at radius 1 is 1.18 bits per heavy atom. The summed E-state index contributed by atoms with van der Waals surface area (Å²) < 4.78 is 1.23. The maximum atomic E-state index is 4.42. The van der Waals surface area contributed by atoms with Crippen LogP contribution >= 0.6 is 11.3 Å². The topological polar surface area (TPSA) is 25.8 Å². The largest absolute Gasteiger partial charge is 0.261 e. The van der Waals surface area contributed by atoms with Crippen molar-refractivity contribution in [3.8, 4) is 11.1 Å². The second kappa shape index (κ2) is 4.26. The van der Waals surface area contributed by atoms with Crippen molar-refractivity contribution in [1.29, 1.82) is 0 Å². The van der Waals surface area contributed by atoms with Crippen molar-refractivity contribution in [2.75, 3.05) is 0 Å². The zero-order valence-electron chi connectivity index (χ0n) is 9.55. The van der Waals surface area contributed by atoms with Gasteiger partial charge in [-0.25, -0.2) is 4.98 Å². The Kier molecular flexibility index (Phi) is 2.61. The normalized spacial score (nSPS) is 10.9. The predicted octanol–water partition coefficient (Wildman–Crippen LogP) is 3.92. The lowest BCUT2D eigenvalue weighted by Crippen LogP contribution is -1.91. The molecule has 1 aromatic carbocycles. The van der Waals surface area contributed by atoms with Gasteiger partial charge in [0.2, 0.25) is 0 Å². The molecule has 0 N–H and O–H groups in total. The van der Waals surface area contributed by atoms with E-state index in [1.54, 1.807) is 11.3 Å². The van der Waals surface area contributed by atoms with Crippen LogP contribution in [0.15, 0.2) is 42.0 Å². The van der Waals surface area contributed by atoms with Crippen LogP contribution in [0.2, 0.25) is 0 Å². The fourth-order valence-corrected chi connectivity index (χ4v) is 2.67. The lowest BCUT2D eigenvalue weighted by Gasteiger charge is -2.06. The maximum absolute atomic E-state index is 4.42. The number of aryl methyl sites for hydroxylation is 1. The molecule has 2 aromatic heterocycles. The van der Waals surface area contributed by atoms with Crippen molar-refractivity contribution < 1.29 is 0 Å². The Bertz CT molecular complexity index is 658. The first-order chi connectivity index (χ1) is 8.38. The van der Waals surface area contributed by atoms with E-state index >= 15 is 0 Å². The second-order valence-corrected chi connectivity index (χ2v) is 4.77. The highest BCUT2D eigenvalue weighted by Crippen LogP contribution is 2.27. The molecule has 0 saturated heterocycles. The van der Waals surface area contributed by atoms with Gasteiger partial charge in [-0.1, -0.05) is 19.1 Å². The number of fused-ring (bicyclic) bond motifs is 1. The minimum absolute atomic E-state index is 0.950. The van der Waals surface area contributed by atoms with E-state index in [-0.39, 0.29) is 0 Å². The molecule has 0 radical (unpaired) electrons. The minimum atomic E-state index is 0.950. The number of pyridine rings is 1. The zero-order chi connectivity index (χ0) is 11.7. The van der Waals surface area contributed by atoms with Gasteiger partial charge in [-0.3, -0.25) is 4.98 Å². The van der Waals surface area contributed by atoms with E-state index < -0.39 is 0 Å². The van der Waals surface area contributed by atoms with Crippen LogP contribution in [0.5, 0.6) is 0 Å². The summed E-state index contributed by atoms with van der Waals surface area (Å²) in [5.41, 5.74) is 6.51. The first-order valence-electron chi connectivity index (χ1n) is 5.66. The molecule has 2 nitrogen and oxygen atoms in total. The van der Waals surface area contributed by atoms with Crippen molar-refractivity contribution in [3.63, 3.8) is 0 Å². The number of benzene rings is 1. The molecule has 3 aromatic rings. The van der Waals surface area contributed by atoms with Gasteiger partial charge in [0, 0.05) is 17.5 Å². The van der Waals surface area contributed by atoms with E-state index in [9.17, 15) is 0 Å². The van der Waals surface area contributed by atoms with Gasteiger partial charge in [-0.05, 0) is 30.2 Å². The summed E-state index contributed by atoms with van der Waals surface area (Å²) in [5.74, 6) is 0. The van der Waals surface area contributed by atoms with E-state index in [4.69, 9.17) is 0 Å². The fraction of sp³-hybridized carbons (Fsp3) is 0.143. The SMILES string of the molecule is CCc1ncccc1-c1ccc2scnc2c1. The third-order valence-corrected chi connectivity index (χ3v) is 3.68. The summed E-state index contributed by atoms with van der Waals surface area (Å²) in [6, 6.07) is 10.5. The van der Waals surface area contributed by atoms with Crippen LogP contribution in [0.25, 0.3) is 21.3 Å². The summed E-state index contributed by atoms with van der Waals surface area (Å²) >= 11 is 1.67. The molecule has 0 aliphatic carbocycles. The van der Waals surface area contributed by atoms with Crippen LogP contribution in [0.1, 0.15) is 12.6 Å². The average molecular weight is 240 g/mol. The van der Waals surface area contributed by atoms with Crippen LogP contribution in [0, 0.1) is 0 Å². The summed E-state index contributed by atoms with van der Waals surface area (Å²) in [5, 5.41) is 0. The smallest absolute Gasteiger partial charge is 0.0818 e. The minimum Gasteiger partial charge on any atom is -0.261 e. The Hall–Kier alpha value is -1.74. The van der Waals surface area contributed by atoms with Crippen LogP contribution in [0.4, 0.5) is 0 Å². The molecule has 2 heterocycles. The number of rotatable bonds is 2. The van der Waals surface area contributed by atoms with Crippen LogP contribution < -0.4 is 0 Å². The highest BCUT2D eigenvalue weighted by atomic mass is 32.1. The van der Waals surface area contributed by atoms with Gasteiger partial charge in [0.15, 0.2) is 0 Å². The first-order valence-corrected chi connectivity index (χ1v) is 6.54. The molecular formula is C14H12N2S. The highest BCUT2D eigenvalue weighted by Gasteiger charge is 2.05. The fourth-order valence-electron chi connectivity index (χ4n) is 2.01. The van der Waals surface area contributed by atoms with Gasteiger partial charge in [-0.2, -0.15) is 0 Å². The van der Waals surface area contributed by atoms with Gasteiger partial charge < -0.3 is 0 Å². The Morgan fingerprint density at radius 2 is 2.12 bits per heavy atom. The third kappa shape index (κ3) is 1.83. The molecule has 0 spiro atoms. The van der Waals surface area contributed by atoms with Crippen LogP contribution in [0.3, 0.4) is 0 Å². The zero-order valence-corrected chi connectivity index (χ0v) is 10.4. The van der Waals surface area contributed by atoms with Gasteiger partial charge in [0.1, 0.15) is 0 Å². The molecule has 0 atom stereocenters. The molecule has 3 rings (SSSR count). The molecule has 0 aliphatic rings. The molecule has 84 valence electrons. The molecule has 0 aliphatic heterocycles. The predicted molar refractivity (Wildman–Crippen MR) is 72.2 cm³/mol. The first kappa shape index (κ1) is 10.4. The van der Waals surface area contributed by atoms with Crippen molar-refractivity contribution in [2.24, 2.45) is 0 Å². The number of aromatic nitrogens is 2. The third-order valence-electron chi connectivity index (χ3n) is 2.87.